The number of rotatable bonds is 4. The standard InChI is InChI=1S/H2O9S3/c1-10(2)8-12(6,7)9-11(3,4)5/h10H,(H,3,4,5). The van der Waals surface area contributed by atoms with Gasteiger partial charge in [-0.3, -0.25) is 4.55 Å². The van der Waals surface area contributed by atoms with Gasteiger partial charge in [0.25, 0.3) is 11.0 Å². The van der Waals surface area contributed by atoms with Crippen molar-refractivity contribution in [3.63, 3.8) is 0 Å². The average Bonchev–Trinajstić information content (AvgIpc) is 1.48. The molecule has 0 saturated carbocycles. The highest BCUT2D eigenvalue weighted by molar-refractivity contribution is 7.98. The van der Waals surface area contributed by atoms with Crippen molar-refractivity contribution in [2.45, 2.75) is 0 Å². The van der Waals surface area contributed by atoms with Crippen LogP contribution in [0.25, 0.3) is 0 Å². The molecule has 0 heterocycles. The predicted octanol–water partition coefficient (Wildman–Crippen LogP) is -2.41. The normalized spacial score (nSPS) is 13.5. The summed E-state index contributed by atoms with van der Waals surface area (Å²) in [4.78, 5) is 0. The molecule has 0 atom stereocenters. The van der Waals surface area contributed by atoms with Gasteiger partial charge in [-0.05, 0) is 0 Å². The summed E-state index contributed by atoms with van der Waals surface area (Å²) < 4.78 is 72.3. The minimum absolute atomic E-state index is 2.83. The van der Waals surface area contributed by atoms with Crippen LogP contribution < -0.4 is 0 Å². The number of hydrogen-bond acceptors (Lipinski definition) is 8. The highest BCUT2D eigenvalue weighted by Crippen LogP contribution is 2.00. The fraction of sp³-hybridized carbons (Fsp3) is 0. The van der Waals surface area contributed by atoms with Crippen molar-refractivity contribution in [2.75, 3.05) is 0 Å². The van der Waals surface area contributed by atoms with Crippen LogP contribution in [0, 0.1) is 0 Å². The molecule has 0 rings (SSSR count). The van der Waals surface area contributed by atoms with E-state index in [1.165, 1.54) is 0 Å². The van der Waals surface area contributed by atoms with E-state index in [2.05, 4.69) is 7.26 Å². The van der Waals surface area contributed by atoms with Gasteiger partial charge in [0.2, 0.25) is 0 Å². The first-order valence-electron chi connectivity index (χ1n) is 1.90. The largest absolute Gasteiger partial charge is 0.430 e. The molecule has 0 aromatic rings. The van der Waals surface area contributed by atoms with E-state index in [4.69, 9.17) is 4.55 Å². The zero-order chi connectivity index (χ0) is 9.99. The first kappa shape index (κ1) is 11.7. The third-order valence-corrected chi connectivity index (χ3v) is 2.89. The van der Waals surface area contributed by atoms with E-state index >= 15 is 0 Å². The van der Waals surface area contributed by atoms with Gasteiger partial charge in [-0.2, -0.15) is 16.8 Å². The molecule has 12 heteroatoms. The number of hydrogen-bond donors (Lipinski definition) is 2. The molecule has 74 valence electrons. The molecule has 0 saturated heterocycles. The van der Waals surface area contributed by atoms with Gasteiger partial charge in [0.1, 0.15) is 0 Å². The van der Waals surface area contributed by atoms with Gasteiger partial charge in [-0.1, -0.05) is 3.63 Å². The Morgan fingerprint density at radius 3 is 1.75 bits per heavy atom. The van der Waals surface area contributed by atoms with Gasteiger partial charge in [-0.15, -0.1) is 3.63 Å². The van der Waals surface area contributed by atoms with E-state index in [0.717, 1.165) is 0 Å². The van der Waals surface area contributed by atoms with Gasteiger partial charge in [-0.25, -0.2) is 8.42 Å². The van der Waals surface area contributed by atoms with Crippen molar-refractivity contribution >= 4 is 31.8 Å². The minimum Gasteiger partial charge on any atom is -0.263 e. The highest BCUT2D eigenvalue weighted by atomic mass is 32.3. The van der Waals surface area contributed by atoms with E-state index in [-0.39, 0.29) is 0 Å². The van der Waals surface area contributed by atoms with Gasteiger partial charge >= 0.3 is 20.8 Å². The monoisotopic (exact) mass is 242 g/mol. The third kappa shape index (κ3) is 6.44. The summed E-state index contributed by atoms with van der Waals surface area (Å²) in [5, 5.41) is 0. The fourth-order valence-electron chi connectivity index (χ4n) is 0.192. The maximum Gasteiger partial charge on any atom is 0.430 e. The lowest BCUT2D eigenvalue weighted by Gasteiger charge is -1.94. The molecule has 0 radical (unpaired) electrons. The van der Waals surface area contributed by atoms with E-state index < -0.39 is 31.8 Å². The minimum atomic E-state index is -5.31. The van der Waals surface area contributed by atoms with Crippen LogP contribution in [0.5, 0.6) is 0 Å². The Balaban J connectivity index is 4.69. The molecular weight excluding hydrogens is 240 g/mol. The topological polar surface area (TPSA) is 141 Å². The summed E-state index contributed by atoms with van der Waals surface area (Å²) in [7, 11) is -14.4. The summed E-state index contributed by atoms with van der Waals surface area (Å²) in [6.45, 7) is 0. The zero-order valence-electron chi connectivity index (χ0n) is 4.98. The van der Waals surface area contributed by atoms with Crippen molar-refractivity contribution in [1.29, 1.82) is 0 Å². The van der Waals surface area contributed by atoms with Crippen LogP contribution in [0.2, 0.25) is 0 Å². The summed E-state index contributed by atoms with van der Waals surface area (Å²) in [6.07, 6.45) is 0. The lowest BCUT2D eigenvalue weighted by Crippen LogP contribution is -2.14. The van der Waals surface area contributed by atoms with Crippen LogP contribution in [-0.4, -0.2) is 29.8 Å². The van der Waals surface area contributed by atoms with Crippen LogP contribution in [0.3, 0.4) is 0 Å². The molecule has 1 N–H and O–H groups in total. The van der Waals surface area contributed by atoms with Crippen LogP contribution >= 0.6 is 0 Å². The van der Waals surface area contributed by atoms with Gasteiger partial charge in [0, 0.05) is 0 Å². The van der Waals surface area contributed by atoms with Gasteiger partial charge in [0.15, 0.2) is 0 Å². The SMILES string of the molecule is O=[SH](=O)OS(=O)(=O)OS(=O)(=O)O. The molecule has 0 amide bonds. The molecule has 0 aliphatic rings. The Kier molecular flexibility index (Phi) is 3.55. The maximum atomic E-state index is 10.1. The predicted molar refractivity (Wildman–Crippen MR) is 33.0 cm³/mol. The molecule has 12 heavy (non-hydrogen) atoms. The Bertz CT molecular complexity index is 393. The Morgan fingerprint density at radius 2 is 1.50 bits per heavy atom. The van der Waals surface area contributed by atoms with E-state index in [0.29, 0.717) is 0 Å². The molecule has 0 aliphatic heterocycles. The molecule has 0 spiro atoms. The van der Waals surface area contributed by atoms with E-state index in [1.54, 1.807) is 0 Å². The van der Waals surface area contributed by atoms with Crippen molar-refractivity contribution in [1.82, 2.24) is 0 Å². The summed E-state index contributed by atoms with van der Waals surface area (Å²) in [5.74, 6) is 0. The molecule has 0 unspecified atom stereocenters. The van der Waals surface area contributed by atoms with Crippen LogP contribution in [-0.2, 0) is 39.0 Å². The molecule has 0 bridgehead atoms. The molecule has 0 aliphatic carbocycles. The Labute approximate surface area is 69.3 Å². The van der Waals surface area contributed by atoms with Crippen LogP contribution in [0.4, 0.5) is 0 Å². The molecule has 0 aromatic heterocycles. The quantitative estimate of drug-likeness (QED) is 0.407. The van der Waals surface area contributed by atoms with Crippen molar-refractivity contribution in [3.05, 3.63) is 0 Å². The summed E-state index contributed by atoms with van der Waals surface area (Å²) in [6, 6.07) is 0. The number of thiol groups is 1. The molecular formula is H2O9S3. The van der Waals surface area contributed by atoms with Crippen LogP contribution in [0.15, 0.2) is 0 Å². The van der Waals surface area contributed by atoms with Crippen LogP contribution in [0.1, 0.15) is 0 Å². The molecule has 0 fully saturated rings. The van der Waals surface area contributed by atoms with Crippen molar-refractivity contribution in [3.8, 4) is 0 Å². The van der Waals surface area contributed by atoms with Gasteiger partial charge in [0.05, 0.1) is 0 Å². The highest BCUT2D eigenvalue weighted by Gasteiger charge is 2.22. The third-order valence-electron chi connectivity index (χ3n) is 0.321. The Morgan fingerprint density at radius 1 is 1.08 bits per heavy atom. The summed E-state index contributed by atoms with van der Waals surface area (Å²) >= 11 is 0. The zero-order valence-corrected chi connectivity index (χ0v) is 7.50. The van der Waals surface area contributed by atoms with Gasteiger partial charge < -0.3 is 0 Å². The van der Waals surface area contributed by atoms with Crippen molar-refractivity contribution in [2.24, 2.45) is 0 Å². The smallest absolute Gasteiger partial charge is 0.263 e. The second-order valence-corrected chi connectivity index (χ2v) is 4.46. The summed E-state index contributed by atoms with van der Waals surface area (Å²) in [5.41, 5.74) is 0. The Hall–Kier alpha value is -0.270. The molecule has 0 aromatic carbocycles. The first-order chi connectivity index (χ1) is 5.12. The van der Waals surface area contributed by atoms with E-state index in [1.807, 2.05) is 0 Å². The molecule has 9 nitrogen and oxygen atoms in total. The fourth-order valence-corrected chi connectivity index (χ4v) is 1.95. The van der Waals surface area contributed by atoms with Crippen molar-refractivity contribution < 1.29 is 37.1 Å². The second-order valence-electron chi connectivity index (χ2n) is 1.20. The lowest BCUT2D eigenvalue weighted by atomic mass is 15.7. The first-order valence-corrected chi connectivity index (χ1v) is 5.69. The maximum absolute atomic E-state index is 10.1. The average molecular weight is 242 g/mol. The lowest BCUT2D eigenvalue weighted by molar-refractivity contribution is 0.351. The van der Waals surface area contributed by atoms with E-state index in [9.17, 15) is 25.3 Å². The second kappa shape index (κ2) is 3.63.